The van der Waals surface area contributed by atoms with Crippen LogP contribution in [0.4, 0.5) is 5.69 Å². The molecule has 0 aliphatic rings. The quantitative estimate of drug-likeness (QED) is 0.837. The lowest BCUT2D eigenvalue weighted by Gasteiger charge is -2.17. The number of aryl methyl sites for hydroxylation is 1. The summed E-state index contributed by atoms with van der Waals surface area (Å²) in [6.45, 7) is 5.14. The van der Waals surface area contributed by atoms with Crippen molar-refractivity contribution in [2.24, 2.45) is 0 Å². The van der Waals surface area contributed by atoms with Crippen LogP contribution in [0.25, 0.3) is 0 Å². The lowest BCUT2D eigenvalue weighted by atomic mass is 10.2. The standard InChI is InChI=1S/C17H23N3/c1-15-6-5-8-17(14-15)19-11-13-20(2)12-9-16-7-3-4-10-18-16/h3-8,10,14,19H,9,11-13H2,1-2H3. The Kier molecular flexibility index (Phi) is 5.56. The number of anilines is 1. The summed E-state index contributed by atoms with van der Waals surface area (Å²) < 4.78 is 0. The van der Waals surface area contributed by atoms with E-state index in [1.165, 1.54) is 11.3 Å². The average molecular weight is 269 g/mol. The van der Waals surface area contributed by atoms with Crippen molar-refractivity contribution >= 4 is 5.69 Å². The maximum absolute atomic E-state index is 4.35. The molecule has 0 amide bonds. The normalized spacial score (nSPS) is 10.8. The van der Waals surface area contributed by atoms with Crippen molar-refractivity contribution in [3.8, 4) is 0 Å². The number of pyridine rings is 1. The first-order chi connectivity index (χ1) is 9.74. The average Bonchev–Trinajstić information content (AvgIpc) is 2.46. The highest BCUT2D eigenvalue weighted by molar-refractivity contribution is 5.45. The van der Waals surface area contributed by atoms with Gasteiger partial charge < -0.3 is 10.2 Å². The SMILES string of the molecule is Cc1cccc(NCCN(C)CCc2ccccn2)c1. The number of benzene rings is 1. The molecular weight excluding hydrogens is 246 g/mol. The van der Waals surface area contributed by atoms with Gasteiger partial charge in [0.15, 0.2) is 0 Å². The van der Waals surface area contributed by atoms with Gasteiger partial charge in [0.25, 0.3) is 0 Å². The molecule has 0 saturated heterocycles. The van der Waals surface area contributed by atoms with Gasteiger partial charge in [-0.05, 0) is 43.8 Å². The molecule has 0 bridgehead atoms. The monoisotopic (exact) mass is 269 g/mol. The Morgan fingerprint density at radius 3 is 2.75 bits per heavy atom. The number of hydrogen-bond acceptors (Lipinski definition) is 3. The molecule has 0 aliphatic heterocycles. The number of aromatic nitrogens is 1. The van der Waals surface area contributed by atoms with E-state index in [1.54, 1.807) is 0 Å². The summed E-state index contributed by atoms with van der Waals surface area (Å²) >= 11 is 0. The summed E-state index contributed by atoms with van der Waals surface area (Å²) in [5.41, 5.74) is 3.65. The van der Waals surface area contributed by atoms with Gasteiger partial charge in [-0.25, -0.2) is 0 Å². The van der Waals surface area contributed by atoms with E-state index >= 15 is 0 Å². The van der Waals surface area contributed by atoms with E-state index in [0.717, 1.165) is 31.7 Å². The summed E-state index contributed by atoms with van der Waals surface area (Å²) in [6, 6.07) is 14.6. The van der Waals surface area contributed by atoms with E-state index in [2.05, 4.69) is 59.5 Å². The van der Waals surface area contributed by atoms with Crippen LogP contribution in [0, 0.1) is 6.92 Å². The largest absolute Gasteiger partial charge is 0.384 e. The maximum atomic E-state index is 4.35. The van der Waals surface area contributed by atoms with Gasteiger partial charge in [-0.2, -0.15) is 0 Å². The van der Waals surface area contributed by atoms with E-state index in [-0.39, 0.29) is 0 Å². The van der Waals surface area contributed by atoms with Crippen molar-refractivity contribution in [1.29, 1.82) is 0 Å². The first kappa shape index (κ1) is 14.5. The molecule has 106 valence electrons. The summed E-state index contributed by atoms with van der Waals surface area (Å²) in [7, 11) is 2.15. The fourth-order valence-electron chi connectivity index (χ4n) is 2.11. The third-order valence-corrected chi connectivity index (χ3v) is 3.32. The minimum Gasteiger partial charge on any atom is -0.384 e. The van der Waals surface area contributed by atoms with Crippen LogP contribution in [0.1, 0.15) is 11.3 Å². The number of hydrogen-bond donors (Lipinski definition) is 1. The number of rotatable bonds is 7. The summed E-state index contributed by atoms with van der Waals surface area (Å²) in [5.74, 6) is 0. The second-order valence-corrected chi connectivity index (χ2v) is 5.17. The zero-order chi connectivity index (χ0) is 14.2. The summed E-state index contributed by atoms with van der Waals surface area (Å²) in [4.78, 5) is 6.68. The van der Waals surface area contributed by atoms with Crippen LogP contribution in [-0.4, -0.2) is 36.6 Å². The Hall–Kier alpha value is -1.87. The number of likely N-dealkylation sites (N-methyl/N-ethyl adjacent to an activating group) is 1. The molecule has 1 aromatic heterocycles. The van der Waals surface area contributed by atoms with E-state index in [4.69, 9.17) is 0 Å². The molecule has 0 unspecified atom stereocenters. The minimum absolute atomic E-state index is 0.960. The van der Waals surface area contributed by atoms with Crippen molar-refractivity contribution in [2.45, 2.75) is 13.3 Å². The minimum atomic E-state index is 0.960. The highest BCUT2D eigenvalue weighted by Gasteiger charge is 2.00. The Morgan fingerprint density at radius 1 is 1.10 bits per heavy atom. The fourth-order valence-corrected chi connectivity index (χ4v) is 2.11. The van der Waals surface area contributed by atoms with Gasteiger partial charge in [0, 0.05) is 43.6 Å². The van der Waals surface area contributed by atoms with Crippen LogP contribution in [0.15, 0.2) is 48.7 Å². The molecule has 0 fully saturated rings. The third kappa shape index (κ3) is 5.02. The summed E-state index contributed by atoms with van der Waals surface area (Å²) in [5, 5.41) is 3.46. The van der Waals surface area contributed by atoms with Crippen molar-refractivity contribution < 1.29 is 0 Å². The maximum Gasteiger partial charge on any atom is 0.0416 e. The molecular formula is C17H23N3. The second kappa shape index (κ2) is 7.65. The highest BCUT2D eigenvalue weighted by atomic mass is 15.1. The van der Waals surface area contributed by atoms with Gasteiger partial charge in [0.05, 0.1) is 0 Å². The van der Waals surface area contributed by atoms with E-state index in [1.807, 2.05) is 18.3 Å². The Balaban J connectivity index is 1.66. The van der Waals surface area contributed by atoms with Crippen LogP contribution in [0.5, 0.6) is 0 Å². The summed E-state index contributed by atoms with van der Waals surface area (Å²) in [6.07, 6.45) is 2.86. The smallest absolute Gasteiger partial charge is 0.0416 e. The first-order valence-electron chi connectivity index (χ1n) is 7.13. The first-order valence-corrected chi connectivity index (χ1v) is 7.13. The molecule has 2 aromatic rings. The van der Waals surface area contributed by atoms with Crippen molar-refractivity contribution in [2.75, 3.05) is 32.0 Å². The van der Waals surface area contributed by atoms with Gasteiger partial charge in [-0.1, -0.05) is 18.2 Å². The van der Waals surface area contributed by atoms with E-state index in [0.29, 0.717) is 0 Å². The highest BCUT2D eigenvalue weighted by Crippen LogP contribution is 2.08. The van der Waals surface area contributed by atoms with Gasteiger partial charge in [0.2, 0.25) is 0 Å². The zero-order valence-corrected chi connectivity index (χ0v) is 12.3. The van der Waals surface area contributed by atoms with E-state index in [9.17, 15) is 0 Å². The van der Waals surface area contributed by atoms with Crippen LogP contribution < -0.4 is 5.32 Å². The molecule has 20 heavy (non-hydrogen) atoms. The Bertz CT molecular complexity index is 511. The molecule has 0 aliphatic carbocycles. The molecule has 1 aromatic carbocycles. The Morgan fingerprint density at radius 2 is 2.00 bits per heavy atom. The third-order valence-electron chi connectivity index (χ3n) is 3.32. The van der Waals surface area contributed by atoms with Crippen LogP contribution in [0.3, 0.4) is 0 Å². The topological polar surface area (TPSA) is 28.2 Å². The molecule has 3 nitrogen and oxygen atoms in total. The molecule has 2 rings (SSSR count). The molecule has 0 radical (unpaired) electrons. The lowest BCUT2D eigenvalue weighted by molar-refractivity contribution is 0.350. The molecule has 0 saturated carbocycles. The molecule has 0 atom stereocenters. The van der Waals surface area contributed by atoms with Crippen LogP contribution >= 0.6 is 0 Å². The van der Waals surface area contributed by atoms with Gasteiger partial charge >= 0.3 is 0 Å². The van der Waals surface area contributed by atoms with Crippen molar-refractivity contribution in [3.63, 3.8) is 0 Å². The number of nitrogens with one attached hydrogen (secondary N) is 1. The van der Waals surface area contributed by atoms with Crippen LogP contribution in [-0.2, 0) is 6.42 Å². The molecule has 1 N–H and O–H groups in total. The predicted octanol–water partition coefficient (Wildman–Crippen LogP) is 2.98. The van der Waals surface area contributed by atoms with Crippen LogP contribution in [0.2, 0.25) is 0 Å². The van der Waals surface area contributed by atoms with Gasteiger partial charge in [-0.3, -0.25) is 4.98 Å². The molecule has 0 spiro atoms. The van der Waals surface area contributed by atoms with Crippen molar-refractivity contribution in [3.05, 3.63) is 59.9 Å². The van der Waals surface area contributed by atoms with E-state index < -0.39 is 0 Å². The lowest BCUT2D eigenvalue weighted by Crippen LogP contribution is -2.27. The van der Waals surface area contributed by atoms with Gasteiger partial charge in [-0.15, -0.1) is 0 Å². The fraction of sp³-hybridized carbons (Fsp3) is 0.353. The second-order valence-electron chi connectivity index (χ2n) is 5.17. The molecule has 3 heteroatoms. The zero-order valence-electron chi connectivity index (χ0n) is 12.3. The number of nitrogens with zero attached hydrogens (tertiary/aromatic N) is 2. The Labute approximate surface area is 121 Å². The van der Waals surface area contributed by atoms with Crippen molar-refractivity contribution in [1.82, 2.24) is 9.88 Å². The predicted molar refractivity (Wildman–Crippen MR) is 85.1 cm³/mol. The van der Waals surface area contributed by atoms with Gasteiger partial charge in [0.1, 0.15) is 0 Å². The molecule has 1 heterocycles.